The Morgan fingerprint density at radius 3 is 2.38 bits per heavy atom. The third-order valence-electron chi connectivity index (χ3n) is 4.00. The van der Waals surface area contributed by atoms with Gasteiger partial charge < -0.3 is 9.64 Å². The number of thiophene rings is 1. The monoisotopic (exact) mass is 302 g/mol. The second-order valence-electron chi connectivity index (χ2n) is 5.53. The first-order chi connectivity index (χ1) is 10.2. The molecule has 1 aliphatic heterocycles. The molecule has 1 fully saturated rings. The number of rotatable bonds is 4. The van der Waals surface area contributed by atoms with E-state index in [4.69, 9.17) is 4.74 Å². The van der Waals surface area contributed by atoms with Crippen molar-refractivity contribution in [1.29, 1.82) is 0 Å². The van der Waals surface area contributed by atoms with Crippen molar-refractivity contribution >= 4 is 17.0 Å². The topological polar surface area (TPSA) is 15.7 Å². The fraction of sp³-hybridized carbons (Fsp3) is 0.412. The molecule has 0 N–H and O–H groups in total. The highest BCUT2D eigenvalue weighted by Crippen LogP contribution is 2.21. The number of anilines is 1. The van der Waals surface area contributed by atoms with Gasteiger partial charge in [0, 0.05) is 43.3 Å². The third kappa shape index (κ3) is 3.57. The Hall–Kier alpha value is -1.52. The molecule has 3 rings (SSSR count). The minimum atomic E-state index is 0.921. The second-order valence-corrected chi connectivity index (χ2v) is 6.64. The first-order valence-electron chi connectivity index (χ1n) is 7.40. The van der Waals surface area contributed by atoms with Gasteiger partial charge in [-0.3, -0.25) is 4.90 Å². The van der Waals surface area contributed by atoms with E-state index in [2.05, 4.69) is 40.3 Å². The summed E-state index contributed by atoms with van der Waals surface area (Å²) in [4.78, 5) is 6.40. The molecule has 2 aromatic rings. The highest BCUT2D eigenvalue weighted by atomic mass is 32.1. The first kappa shape index (κ1) is 14.4. The predicted molar refractivity (Wildman–Crippen MR) is 89.5 cm³/mol. The molecule has 3 nitrogen and oxygen atoms in total. The van der Waals surface area contributed by atoms with Crippen molar-refractivity contribution in [2.45, 2.75) is 13.5 Å². The molecule has 0 bridgehead atoms. The summed E-state index contributed by atoms with van der Waals surface area (Å²) in [6.45, 7) is 7.70. The molecule has 0 amide bonds. The Bertz CT molecular complexity index is 571. The summed E-state index contributed by atoms with van der Waals surface area (Å²) >= 11 is 1.84. The predicted octanol–water partition coefficient (Wildman–Crippen LogP) is 3.39. The standard InChI is InChI=1S/C17H22N2OS/c1-14-11-15(13-21-14)12-18-7-9-19(10-8-18)16-3-5-17(20-2)6-4-16/h3-6,11,13H,7-10,12H2,1-2H3. The molecule has 1 aromatic heterocycles. The molecule has 21 heavy (non-hydrogen) atoms. The normalized spacial score (nSPS) is 16.2. The number of aryl methyl sites for hydroxylation is 1. The van der Waals surface area contributed by atoms with E-state index < -0.39 is 0 Å². The van der Waals surface area contributed by atoms with E-state index in [0.29, 0.717) is 0 Å². The Morgan fingerprint density at radius 1 is 1.10 bits per heavy atom. The molecule has 0 unspecified atom stereocenters. The van der Waals surface area contributed by atoms with E-state index in [1.807, 2.05) is 23.5 Å². The van der Waals surface area contributed by atoms with Crippen LogP contribution in [-0.2, 0) is 6.54 Å². The average Bonchev–Trinajstić information content (AvgIpc) is 2.93. The van der Waals surface area contributed by atoms with Crippen LogP contribution >= 0.6 is 11.3 Å². The number of hydrogen-bond donors (Lipinski definition) is 0. The van der Waals surface area contributed by atoms with Crippen molar-refractivity contribution in [3.05, 3.63) is 46.2 Å². The average molecular weight is 302 g/mol. The SMILES string of the molecule is COc1ccc(N2CCN(Cc3csc(C)c3)CC2)cc1. The Kier molecular flexibility index (Phi) is 4.46. The zero-order valence-electron chi connectivity index (χ0n) is 12.7. The molecule has 0 spiro atoms. The quantitative estimate of drug-likeness (QED) is 0.861. The number of methoxy groups -OCH3 is 1. The van der Waals surface area contributed by atoms with Crippen molar-refractivity contribution in [3.8, 4) is 5.75 Å². The molecule has 0 aliphatic carbocycles. The lowest BCUT2D eigenvalue weighted by molar-refractivity contribution is 0.250. The van der Waals surface area contributed by atoms with Crippen molar-refractivity contribution in [2.75, 3.05) is 38.2 Å². The van der Waals surface area contributed by atoms with Crippen LogP contribution in [0.5, 0.6) is 5.75 Å². The summed E-state index contributed by atoms with van der Waals surface area (Å²) < 4.78 is 5.22. The lowest BCUT2D eigenvalue weighted by Crippen LogP contribution is -2.45. The van der Waals surface area contributed by atoms with Gasteiger partial charge in [0.05, 0.1) is 7.11 Å². The number of nitrogens with zero attached hydrogens (tertiary/aromatic N) is 2. The van der Waals surface area contributed by atoms with Crippen LogP contribution in [0.25, 0.3) is 0 Å². The molecule has 1 aromatic carbocycles. The van der Waals surface area contributed by atoms with Crippen molar-refractivity contribution in [2.24, 2.45) is 0 Å². The summed E-state index contributed by atoms with van der Waals surface area (Å²) in [5.41, 5.74) is 2.75. The van der Waals surface area contributed by atoms with Crippen LogP contribution in [0.3, 0.4) is 0 Å². The van der Waals surface area contributed by atoms with Gasteiger partial charge in [0.15, 0.2) is 0 Å². The van der Waals surface area contributed by atoms with E-state index in [1.54, 1.807) is 7.11 Å². The number of piperazine rings is 1. The van der Waals surface area contributed by atoms with E-state index in [-0.39, 0.29) is 0 Å². The summed E-state index contributed by atoms with van der Waals surface area (Å²) in [6, 6.07) is 10.7. The van der Waals surface area contributed by atoms with Gasteiger partial charge in [0.1, 0.15) is 5.75 Å². The van der Waals surface area contributed by atoms with Crippen LogP contribution in [-0.4, -0.2) is 38.2 Å². The Balaban J connectivity index is 1.54. The zero-order valence-corrected chi connectivity index (χ0v) is 13.5. The van der Waals surface area contributed by atoms with E-state index in [0.717, 1.165) is 38.5 Å². The summed E-state index contributed by atoms with van der Waals surface area (Å²) in [7, 11) is 1.71. The molecular weight excluding hydrogens is 280 g/mol. The maximum atomic E-state index is 5.22. The van der Waals surface area contributed by atoms with E-state index >= 15 is 0 Å². The lowest BCUT2D eigenvalue weighted by atomic mass is 10.2. The van der Waals surface area contributed by atoms with Crippen LogP contribution in [0.4, 0.5) is 5.69 Å². The summed E-state index contributed by atoms with van der Waals surface area (Å²) in [5.74, 6) is 0.921. The summed E-state index contributed by atoms with van der Waals surface area (Å²) in [6.07, 6.45) is 0. The van der Waals surface area contributed by atoms with Gasteiger partial charge in [0.2, 0.25) is 0 Å². The molecule has 0 atom stereocenters. The van der Waals surface area contributed by atoms with Crippen molar-refractivity contribution in [3.63, 3.8) is 0 Å². The van der Waals surface area contributed by atoms with Gasteiger partial charge in [-0.05, 0) is 48.2 Å². The van der Waals surface area contributed by atoms with Gasteiger partial charge in [-0.25, -0.2) is 0 Å². The number of benzene rings is 1. The van der Waals surface area contributed by atoms with Crippen LogP contribution in [0.1, 0.15) is 10.4 Å². The molecule has 4 heteroatoms. The Labute approximate surface area is 130 Å². The largest absolute Gasteiger partial charge is 0.497 e. The smallest absolute Gasteiger partial charge is 0.119 e. The minimum Gasteiger partial charge on any atom is -0.497 e. The highest BCUT2D eigenvalue weighted by molar-refractivity contribution is 7.10. The van der Waals surface area contributed by atoms with Gasteiger partial charge in [-0.15, -0.1) is 11.3 Å². The van der Waals surface area contributed by atoms with E-state index in [9.17, 15) is 0 Å². The Morgan fingerprint density at radius 2 is 1.81 bits per heavy atom. The van der Waals surface area contributed by atoms with Gasteiger partial charge >= 0.3 is 0 Å². The highest BCUT2D eigenvalue weighted by Gasteiger charge is 2.17. The van der Waals surface area contributed by atoms with Crippen molar-refractivity contribution in [1.82, 2.24) is 4.90 Å². The second kappa shape index (κ2) is 6.50. The third-order valence-corrected chi connectivity index (χ3v) is 4.91. The number of ether oxygens (including phenoxy) is 1. The molecule has 0 radical (unpaired) electrons. The van der Waals surface area contributed by atoms with Gasteiger partial charge in [-0.1, -0.05) is 0 Å². The molecule has 1 saturated heterocycles. The summed E-state index contributed by atoms with van der Waals surface area (Å²) in [5, 5.41) is 2.28. The maximum absolute atomic E-state index is 5.22. The van der Waals surface area contributed by atoms with Crippen LogP contribution in [0.2, 0.25) is 0 Å². The first-order valence-corrected chi connectivity index (χ1v) is 8.28. The molecular formula is C17H22N2OS. The lowest BCUT2D eigenvalue weighted by Gasteiger charge is -2.36. The van der Waals surface area contributed by atoms with Gasteiger partial charge in [-0.2, -0.15) is 0 Å². The maximum Gasteiger partial charge on any atom is 0.119 e. The van der Waals surface area contributed by atoms with Crippen LogP contribution < -0.4 is 9.64 Å². The van der Waals surface area contributed by atoms with Crippen molar-refractivity contribution < 1.29 is 4.74 Å². The van der Waals surface area contributed by atoms with Crippen LogP contribution in [0, 0.1) is 6.92 Å². The molecule has 112 valence electrons. The zero-order chi connectivity index (χ0) is 14.7. The molecule has 1 aliphatic rings. The van der Waals surface area contributed by atoms with Gasteiger partial charge in [0.25, 0.3) is 0 Å². The molecule has 0 saturated carbocycles. The van der Waals surface area contributed by atoms with Crippen LogP contribution in [0.15, 0.2) is 35.7 Å². The number of hydrogen-bond acceptors (Lipinski definition) is 4. The minimum absolute atomic E-state index is 0.921. The fourth-order valence-corrected chi connectivity index (χ4v) is 3.50. The fourth-order valence-electron chi connectivity index (χ4n) is 2.80. The molecule has 2 heterocycles. The van der Waals surface area contributed by atoms with E-state index in [1.165, 1.54) is 16.1 Å².